The Labute approximate surface area is 192 Å². The lowest BCUT2D eigenvalue weighted by Crippen LogP contribution is -2.43. The fourth-order valence-corrected chi connectivity index (χ4v) is 5.09. The Kier molecular flexibility index (Phi) is 5.99. The SMILES string of the molecule is Cc1c(C(C)O)c(=O)n(C2CCCC2)c2nc(Nc3ccc(N4CCNCC4)cn3)ncc12. The fourth-order valence-electron chi connectivity index (χ4n) is 5.09. The molecule has 174 valence electrons. The maximum absolute atomic E-state index is 13.4. The number of aliphatic hydroxyl groups excluding tert-OH is 1. The summed E-state index contributed by atoms with van der Waals surface area (Å²) in [6.45, 7) is 7.38. The molecule has 1 unspecified atom stereocenters. The number of fused-ring (bicyclic) bond motifs is 1. The van der Waals surface area contributed by atoms with Crippen LogP contribution in [0.4, 0.5) is 17.5 Å². The summed E-state index contributed by atoms with van der Waals surface area (Å²) < 4.78 is 1.78. The minimum absolute atomic E-state index is 0.0947. The second-order valence-electron chi connectivity index (χ2n) is 9.02. The van der Waals surface area contributed by atoms with Gasteiger partial charge in [0.15, 0.2) is 0 Å². The first-order valence-corrected chi connectivity index (χ1v) is 11.8. The van der Waals surface area contributed by atoms with E-state index in [9.17, 15) is 9.90 Å². The van der Waals surface area contributed by atoms with E-state index in [-0.39, 0.29) is 11.6 Å². The van der Waals surface area contributed by atoms with Gasteiger partial charge in [0.2, 0.25) is 5.95 Å². The molecule has 0 radical (unpaired) electrons. The highest BCUT2D eigenvalue weighted by atomic mass is 16.3. The molecule has 1 aliphatic heterocycles. The van der Waals surface area contributed by atoms with E-state index >= 15 is 0 Å². The zero-order valence-electron chi connectivity index (χ0n) is 19.2. The predicted octanol–water partition coefficient (Wildman–Crippen LogP) is 2.82. The van der Waals surface area contributed by atoms with Crippen LogP contribution in [-0.2, 0) is 0 Å². The molecule has 1 atom stereocenters. The maximum atomic E-state index is 13.4. The van der Waals surface area contributed by atoms with E-state index in [1.807, 2.05) is 19.2 Å². The molecular weight excluding hydrogens is 418 g/mol. The molecule has 9 nitrogen and oxygen atoms in total. The number of nitrogens with zero attached hydrogens (tertiary/aromatic N) is 5. The normalized spacial score (nSPS) is 18.1. The first kappa shape index (κ1) is 21.8. The number of hydrogen-bond donors (Lipinski definition) is 3. The van der Waals surface area contributed by atoms with E-state index in [4.69, 9.17) is 4.98 Å². The van der Waals surface area contributed by atoms with Crippen LogP contribution in [0.2, 0.25) is 0 Å². The van der Waals surface area contributed by atoms with E-state index in [0.717, 1.165) is 68.5 Å². The molecule has 0 bridgehead atoms. The molecule has 4 heterocycles. The number of nitrogens with one attached hydrogen (secondary N) is 2. The van der Waals surface area contributed by atoms with Crippen LogP contribution in [0.5, 0.6) is 0 Å². The number of piperazine rings is 1. The number of aryl methyl sites for hydroxylation is 1. The van der Waals surface area contributed by atoms with E-state index in [2.05, 4.69) is 31.6 Å². The van der Waals surface area contributed by atoms with Crippen LogP contribution >= 0.6 is 0 Å². The second kappa shape index (κ2) is 9.07. The van der Waals surface area contributed by atoms with Crippen molar-refractivity contribution in [3.63, 3.8) is 0 Å². The topological polar surface area (TPSA) is 108 Å². The average molecular weight is 450 g/mol. The van der Waals surface area contributed by atoms with Gasteiger partial charge < -0.3 is 20.6 Å². The second-order valence-corrected chi connectivity index (χ2v) is 9.02. The van der Waals surface area contributed by atoms with Gasteiger partial charge in [0.25, 0.3) is 5.56 Å². The summed E-state index contributed by atoms with van der Waals surface area (Å²) in [6.07, 6.45) is 6.84. The van der Waals surface area contributed by atoms with Gasteiger partial charge >= 0.3 is 0 Å². The molecule has 3 aromatic rings. The van der Waals surface area contributed by atoms with E-state index in [0.29, 0.717) is 23.0 Å². The number of aromatic nitrogens is 4. The van der Waals surface area contributed by atoms with Crippen LogP contribution in [0, 0.1) is 6.92 Å². The molecular formula is C24H31N7O2. The van der Waals surface area contributed by atoms with Gasteiger partial charge in [-0.15, -0.1) is 0 Å². The van der Waals surface area contributed by atoms with Crippen molar-refractivity contribution in [2.24, 2.45) is 0 Å². The Balaban J connectivity index is 1.50. The minimum Gasteiger partial charge on any atom is -0.388 e. The molecule has 33 heavy (non-hydrogen) atoms. The third-order valence-electron chi connectivity index (χ3n) is 6.83. The highest BCUT2D eigenvalue weighted by Gasteiger charge is 2.26. The molecule has 9 heteroatoms. The fraction of sp³-hybridized carbons (Fsp3) is 0.500. The lowest BCUT2D eigenvalue weighted by Gasteiger charge is -2.29. The summed E-state index contributed by atoms with van der Waals surface area (Å²) in [4.78, 5) is 29.5. The Morgan fingerprint density at radius 1 is 1.15 bits per heavy atom. The highest BCUT2D eigenvalue weighted by Crippen LogP contribution is 2.32. The van der Waals surface area contributed by atoms with Crippen LogP contribution in [0.25, 0.3) is 11.0 Å². The van der Waals surface area contributed by atoms with E-state index < -0.39 is 6.10 Å². The van der Waals surface area contributed by atoms with Gasteiger partial charge in [-0.2, -0.15) is 4.98 Å². The lowest BCUT2D eigenvalue weighted by molar-refractivity contribution is 0.196. The van der Waals surface area contributed by atoms with Crippen LogP contribution in [0.3, 0.4) is 0 Å². The van der Waals surface area contributed by atoms with Crippen LogP contribution in [-0.4, -0.2) is 50.8 Å². The molecule has 1 aliphatic carbocycles. The average Bonchev–Trinajstić information content (AvgIpc) is 3.34. The summed E-state index contributed by atoms with van der Waals surface area (Å²) in [7, 11) is 0. The summed E-state index contributed by atoms with van der Waals surface area (Å²) in [5, 5.41) is 17.6. The Morgan fingerprint density at radius 3 is 2.58 bits per heavy atom. The van der Waals surface area contributed by atoms with Crippen molar-refractivity contribution in [3.05, 3.63) is 46.0 Å². The smallest absolute Gasteiger partial charge is 0.258 e. The third kappa shape index (κ3) is 4.18. The Hall–Kier alpha value is -3.04. The van der Waals surface area contributed by atoms with Gasteiger partial charge in [-0.25, -0.2) is 9.97 Å². The molecule has 1 saturated carbocycles. The molecule has 3 aromatic heterocycles. The van der Waals surface area contributed by atoms with Crippen molar-refractivity contribution in [1.82, 2.24) is 24.8 Å². The Morgan fingerprint density at radius 2 is 1.91 bits per heavy atom. The first-order chi connectivity index (χ1) is 16.0. The van der Waals surface area contributed by atoms with Gasteiger partial charge in [0.05, 0.1) is 18.0 Å². The van der Waals surface area contributed by atoms with Crippen molar-refractivity contribution < 1.29 is 5.11 Å². The quantitative estimate of drug-likeness (QED) is 0.546. The van der Waals surface area contributed by atoms with Gasteiger partial charge in [-0.05, 0) is 44.4 Å². The summed E-state index contributed by atoms with van der Waals surface area (Å²) >= 11 is 0. The van der Waals surface area contributed by atoms with Gasteiger partial charge in [0, 0.05) is 49.4 Å². The van der Waals surface area contributed by atoms with Crippen molar-refractivity contribution >= 4 is 28.5 Å². The zero-order valence-corrected chi connectivity index (χ0v) is 19.2. The highest BCUT2D eigenvalue weighted by molar-refractivity contribution is 5.81. The van der Waals surface area contributed by atoms with Crippen molar-refractivity contribution in [2.75, 3.05) is 36.4 Å². The molecule has 3 N–H and O–H groups in total. The van der Waals surface area contributed by atoms with Crippen LogP contribution in [0.15, 0.2) is 29.3 Å². The van der Waals surface area contributed by atoms with Crippen LogP contribution < -0.4 is 21.1 Å². The summed E-state index contributed by atoms with van der Waals surface area (Å²) in [6, 6.07) is 4.07. The van der Waals surface area contributed by atoms with Crippen LogP contribution in [0.1, 0.15) is 55.9 Å². The van der Waals surface area contributed by atoms with Crippen molar-refractivity contribution in [2.45, 2.75) is 51.7 Å². The molecule has 1 saturated heterocycles. The number of aliphatic hydroxyl groups is 1. The largest absolute Gasteiger partial charge is 0.388 e. The molecule has 0 aromatic carbocycles. The van der Waals surface area contributed by atoms with Crippen molar-refractivity contribution in [1.29, 1.82) is 0 Å². The first-order valence-electron chi connectivity index (χ1n) is 11.8. The van der Waals surface area contributed by atoms with Gasteiger partial charge in [0.1, 0.15) is 11.5 Å². The van der Waals surface area contributed by atoms with E-state index in [1.54, 1.807) is 17.7 Å². The monoisotopic (exact) mass is 449 g/mol. The Bertz CT molecular complexity index is 1190. The predicted molar refractivity (Wildman–Crippen MR) is 129 cm³/mol. The summed E-state index contributed by atoms with van der Waals surface area (Å²) in [5.41, 5.74) is 2.74. The van der Waals surface area contributed by atoms with Crippen molar-refractivity contribution in [3.8, 4) is 0 Å². The number of anilines is 3. The number of hydrogen-bond acceptors (Lipinski definition) is 8. The van der Waals surface area contributed by atoms with Gasteiger partial charge in [-0.3, -0.25) is 9.36 Å². The zero-order chi connectivity index (χ0) is 22.9. The molecule has 0 amide bonds. The molecule has 2 aliphatic rings. The molecule has 5 rings (SSSR count). The number of pyridine rings is 2. The minimum atomic E-state index is -0.842. The molecule has 2 fully saturated rings. The maximum Gasteiger partial charge on any atom is 0.258 e. The van der Waals surface area contributed by atoms with E-state index in [1.165, 1.54) is 0 Å². The number of rotatable bonds is 5. The van der Waals surface area contributed by atoms with Gasteiger partial charge in [-0.1, -0.05) is 12.8 Å². The standard InChI is InChI=1S/C24H31N7O2/c1-15-19-14-27-24(28-20-8-7-18(13-26-20)30-11-9-25-10-12-30)29-22(19)31(17-5-3-4-6-17)23(33)21(15)16(2)32/h7-8,13-14,16-17,25,32H,3-6,9-12H2,1-2H3,(H,26,27,28,29). The molecule has 0 spiro atoms. The third-order valence-corrected chi connectivity index (χ3v) is 6.83. The lowest BCUT2D eigenvalue weighted by atomic mass is 10.0. The summed E-state index contributed by atoms with van der Waals surface area (Å²) in [5.74, 6) is 1.06.